The lowest BCUT2D eigenvalue weighted by Crippen LogP contribution is -2.26. The van der Waals surface area contributed by atoms with Crippen LogP contribution in [-0.4, -0.2) is 39.7 Å². The predicted octanol–water partition coefficient (Wildman–Crippen LogP) is 0.879. The highest BCUT2D eigenvalue weighted by atomic mass is 32.2. The molecule has 1 aromatic carbocycles. The standard InChI is InChI=1S/C16H19N5O4S/c1-2-3-8-25-12-6-4-11(5-7-12)9-17-19-13(22)10-26-15-14(23)18-16(24)21-20-15/h4-7,9H,2-3,8,10H2,1H3,(H,19,22)(H2,18,21,23,24). The Kier molecular flexibility index (Phi) is 7.62. The van der Waals surface area contributed by atoms with Gasteiger partial charge in [-0.05, 0) is 36.2 Å². The van der Waals surface area contributed by atoms with Gasteiger partial charge in [-0.15, -0.1) is 0 Å². The molecule has 0 radical (unpaired) electrons. The van der Waals surface area contributed by atoms with Crippen molar-refractivity contribution in [2.75, 3.05) is 12.4 Å². The molecule has 0 fully saturated rings. The van der Waals surface area contributed by atoms with Crippen LogP contribution >= 0.6 is 11.8 Å². The van der Waals surface area contributed by atoms with Crippen LogP contribution in [0.3, 0.4) is 0 Å². The van der Waals surface area contributed by atoms with Crippen LogP contribution in [0.1, 0.15) is 25.3 Å². The Balaban J connectivity index is 1.77. The van der Waals surface area contributed by atoms with E-state index < -0.39 is 17.2 Å². The number of aromatic amines is 2. The highest BCUT2D eigenvalue weighted by Crippen LogP contribution is 2.11. The van der Waals surface area contributed by atoms with E-state index >= 15 is 0 Å². The molecule has 0 aliphatic rings. The second-order valence-corrected chi connectivity index (χ2v) is 6.13. The number of carbonyl (C=O) groups is 1. The van der Waals surface area contributed by atoms with E-state index in [4.69, 9.17) is 4.74 Å². The molecule has 0 atom stereocenters. The van der Waals surface area contributed by atoms with Gasteiger partial charge in [0, 0.05) is 0 Å². The Hall–Kier alpha value is -2.88. The minimum absolute atomic E-state index is 0.00221. The number of nitrogens with zero attached hydrogens (tertiary/aromatic N) is 2. The molecule has 9 nitrogen and oxygen atoms in total. The lowest BCUT2D eigenvalue weighted by atomic mass is 10.2. The molecule has 2 aromatic rings. The molecule has 0 spiro atoms. The molecule has 0 unspecified atom stereocenters. The third-order valence-electron chi connectivity index (χ3n) is 3.07. The van der Waals surface area contributed by atoms with Crippen molar-refractivity contribution in [2.24, 2.45) is 5.10 Å². The average molecular weight is 377 g/mol. The van der Waals surface area contributed by atoms with Gasteiger partial charge in [0.2, 0.25) is 5.91 Å². The molecule has 1 amide bonds. The summed E-state index contributed by atoms with van der Waals surface area (Å²) >= 11 is 0.894. The van der Waals surface area contributed by atoms with Crippen LogP contribution in [0, 0.1) is 0 Å². The zero-order chi connectivity index (χ0) is 18.8. The van der Waals surface area contributed by atoms with Crippen molar-refractivity contribution in [2.45, 2.75) is 24.8 Å². The SMILES string of the molecule is CCCCOc1ccc(C=NNC(=O)CSc2n[nH]c(=O)[nH]c2=O)cc1. The van der Waals surface area contributed by atoms with Crippen molar-refractivity contribution in [3.63, 3.8) is 0 Å². The third kappa shape index (κ3) is 6.55. The summed E-state index contributed by atoms with van der Waals surface area (Å²) in [5, 5.41) is 9.51. The largest absolute Gasteiger partial charge is 0.494 e. The summed E-state index contributed by atoms with van der Waals surface area (Å²) in [5.74, 6) is 0.316. The minimum atomic E-state index is -0.699. The summed E-state index contributed by atoms with van der Waals surface area (Å²) in [5.41, 5.74) is 1.82. The number of H-pyrrole nitrogens is 2. The lowest BCUT2D eigenvalue weighted by Gasteiger charge is -2.04. The van der Waals surface area contributed by atoms with Crippen molar-refractivity contribution < 1.29 is 9.53 Å². The summed E-state index contributed by atoms with van der Waals surface area (Å²) in [4.78, 5) is 36.0. The number of ether oxygens (including phenoxy) is 1. The fourth-order valence-corrected chi connectivity index (χ4v) is 2.39. The first-order valence-electron chi connectivity index (χ1n) is 7.95. The van der Waals surface area contributed by atoms with Gasteiger partial charge in [0.15, 0.2) is 5.03 Å². The van der Waals surface area contributed by atoms with Gasteiger partial charge < -0.3 is 4.74 Å². The summed E-state index contributed by atoms with van der Waals surface area (Å²) in [6.07, 6.45) is 3.59. The number of nitrogens with one attached hydrogen (secondary N) is 3. The quantitative estimate of drug-likeness (QED) is 0.257. The summed E-state index contributed by atoms with van der Waals surface area (Å²) < 4.78 is 5.56. The number of hydrogen-bond acceptors (Lipinski definition) is 7. The van der Waals surface area contributed by atoms with Gasteiger partial charge in [0.05, 0.1) is 18.6 Å². The Morgan fingerprint density at radius 2 is 2.12 bits per heavy atom. The maximum absolute atomic E-state index is 11.7. The van der Waals surface area contributed by atoms with Crippen LogP contribution in [0.4, 0.5) is 0 Å². The number of amides is 1. The van der Waals surface area contributed by atoms with Crippen LogP contribution in [0.15, 0.2) is 44.0 Å². The first-order valence-corrected chi connectivity index (χ1v) is 8.93. The van der Waals surface area contributed by atoms with Gasteiger partial charge in [-0.3, -0.25) is 14.6 Å². The molecule has 26 heavy (non-hydrogen) atoms. The van der Waals surface area contributed by atoms with Crippen molar-refractivity contribution in [1.82, 2.24) is 20.6 Å². The number of unbranched alkanes of at least 4 members (excludes halogenated alkanes) is 1. The van der Waals surface area contributed by atoms with Gasteiger partial charge in [0.25, 0.3) is 5.56 Å². The van der Waals surface area contributed by atoms with E-state index in [9.17, 15) is 14.4 Å². The maximum atomic E-state index is 11.7. The number of thioether (sulfide) groups is 1. The van der Waals surface area contributed by atoms with Gasteiger partial charge in [-0.25, -0.2) is 15.3 Å². The Morgan fingerprint density at radius 3 is 2.81 bits per heavy atom. The molecule has 3 N–H and O–H groups in total. The van der Waals surface area contributed by atoms with E-state index in [2.05, 4.69) is 27.6 Å². The number of carbonyl (C=O) groups excluding carboxylic acids is 1. The zero-order valence-electron chi connectivity index (χ0n) is 14.2. The lowest BCUT2D eigenvalue weighted by molar-refractivity contribution is -0.118. The van der Waals surface area contributed by atoms with Crippen LogP contribution < -0.4 is 21.4 Å². The fraction of sp³-hybridized carbons (Fsp3) is 0.312. The van der Waals surface area contributed by atoms with Crippen LogP contribution in [0.5, 0.6) is 5.75 Å². The van der Waals surface area contributed by atoms with Crippen molar-refractivity contribution in [3.05, 3.63) is 50.7 Å². The summed E-state index contributed by atoms with van der Waals surface area (Å²) in [7, 11) is 0. The second kappa shape index (κ2) is 10.2. The summed E-state index contributed by atoms with van der Waals surface area (Å²) in [6, 6.07) is 7.33. The number of hydrazone groups is 1. The van der Waals surface area contributed by atoms with Gasteiger partial charge >= 0.3 is 5.69 Å². The number of hydrogen-bond donors (Lipinski definition) is 3. The molecule has 0 aliphatic carbocycles. The van der Waals surface area contributed by atoms with Crippen molar-refractivity contribution in [1.29, 1.82) is 0 Å². The average Bonchev–Trinajstić information content (AvgIpc) is 2.62. The van der Waals surface area contributed by atoms with Crippen LogP contribution in [-0.2, 0) is 4.79 Å². The highest BCUT2D eigenvalue weighted by Gasteiger charge is 2.07. The van der Waals surface area contributed by atoms with E-state index in [-0.39, 0.29) is 10.8 Å². The molecule has 0 bridgehead atoms. The Bertz CT molecular complexity index is 860. The van der Waals surface area contributed by atoms with E-state index in [1.165, 1.54) is 6.21 Å². The Labute approximate surface area is 153 Å². The fourth-order valence-electron chi connectivity index (χ4n) is 1.76. The molecule has 0 saturated carbocycles. The molecule has 138 valence electrons. The topological polar surface area (TPSA) is 129 Å². The number of rotatable bonds is 9. The normalized spacial score (nSPS) is 10.8. The van der Waals surface area contributed by atoms with Gasteiger partial charge in [0.1, 0.15) is 5.75 Å². The highest BCUT2D eigenvalue weighted by molar-refractivity contribution is 7.99. The third-order valence-corrected chi connectivity index (χ3v) is 4.03. The molecular formula is C16H19N5O4S. The first-order chi connectivity index (χ1) is 12.6. The van der Waals surface area contributed by atoms with E-state index in [1.54, 1.807) is 0 Å². The molecule has 1 heterocycles. The minimum Gasteiger partial charge on any atom is -0.494 e. The van der Waals surface area contributed by atoms with Crippen molar-refractivity contribution in [3.8, 4) is 5.75 Å². The maximum Gasteiger partial charge on any atom is 0.342 e. The van der Waals surface area contributed by atoms with Crippen molar-refractivity contribution >= 4 is 23.9 Å². The molecular weight excluding hydrogens is 358 g/mol. The Morgan fingerprint density at radius 1 is 1.35 bits per heavy atom. The molecule has 10 heteroatoms. The van der Waals surface area contributed by atoms with Gasteiger partial charge in [-0.2, -0.15) is 10.2 Å². The molecule has 0 saturated heterocycles. The second-order valence-electron chi connectivity index (χ2n) is 5.16. The van der Waals surface area contributed by atoms with E-state index in [0.29, 0.717) is 6.61 Å². The molecule has 0 aliphatic heterocycles. The van der Waals surface area contributed by atoms with E-state index in [0.717, 1.165) is 35.9 Å². The molecule has 1 aromatic heterocycles. The van der Waals surface area contributed by atoms with E-state index in [1.807, 2.05) is 29.2 Å². The smallest absolute Gasteiger partial charge is 0.342 e. The number of benzene rings is 1. The predicted molar refractivity (Wildman–Crippen MR) is 98.8 cm³/mol. The van der Waals surface area contributed by atoms with Crippen LogP contribution in [0.25, 0.3) is 0 Å². The zero-order valence-corrected chi connectivity index (χ0v) is 15.0. The first kappa shape index (κ1) is 19.4. The molecule has 2 rings (SSSR count). The summed E-state index contributed by atoms with van der Waals surface area (Å²) in [6.45, 7) is 2.79. The van der Waals surface area contributed by atoms with Gasteiger partial charge in [-0.1, -0.05) is 25.1 Å². The number of aromatic nitrogens is 3. The monoisotopic (exact) mass is 377 g/mol. The van der Waals surface area contributed by atoms with Crippen LogP contribution in [0.2, 0.25) is 0 Å².